The number of carbonyl (C=O) groups is 1. The summed E-state index contributed by atoms with van der Waals surface area (Å²) in [4.78, 5) is 13.9. The van der Waals surface area contributed by atoms with Gasteiger partial charge in [-0.15, -0.1) is 0 Å². The van der Waals surface area contributed by atoms with E-state index in [1.807, 2.05) is 6.92 Å². The van der Waals surface area contributed by atoms with E-state index in [1.54, 1.807) is 67.7 Å². The normalized spacial score (nSPS) is 12.2. The van der Waals surface area contributed by atoms with Crippen LogP contribution in [0.15, 0.2) is 82.7 Å². The van der Waals surface area contributed by atoms with Crippen LogP contribution in [-0.2, 0) is 14.6 Å². The summed E-state index contributed by atoms with van der Waals surface area (Å²) in [5.74, 6) is -0.646. The molecule has 0 atom stereocenters. The molecule has 0 fully saturated rings. The number of carbonyl (C=O) groups excluding carboxylic acids is 1. The van der Waals surface area contributed by atoms with Crippen molar-refractivity contribution in [3.8, 4) is 5.75 Å². The molecule has 136 valence electrons. The number of allylic oxidation sites excluding steroid dienone is 2. The number of aryl methyl sites for hydroxylation is 1. The number of nitrogens with zero attached hydrogens (tertiary/aromatic N) is 1. The van der Waals surface area contributed by atoms with E-state index in [9.17, 15) is 13.2 Å². The van der Waals surface area contributed by atoms with Crippen LogP contribution in [0.4, 0.5) is 0 Å². The van der Waals surface area contributed by atoms with Crippen LogP contribution in [-0.4, -0.2) is 33.4 Å². The Morgan fingerprint density at radius 1 is 1.00 bits per heavy atom. The lowest BCUT2D eigenvalue weighted by Gasteiger charge is -2.09. The lowest BCUT2D eigenvalue weighted by molar-refractivity contribution is -0.129. The third kappa shape index (κ3) is 5.07. The highest BCUT2D eigenvalue weighted by molar-refractivity contribution is 7.96. The van der Waals surface area contributed by atoms with E-state index in [-0.39, 0.29) is 10.6 Å². The molecule has 0 unspecified atom stereocenters. The number of hydrogen-bond acceptors (Lipinski definition) is 5. The van der Waals surface area contributed by atoms with Gasteiger partial charge in [0.1, 0.15) is 5.75 Å². The lowest BCUT2D eigenvalue weighted by atomic mass is 10.2. The van der Waals surface area contributed by atoms with Gasteiger partial charge in [0.2, 0.25) is 9.84 Å². The molecule has 6 heteroatoms. The second-order valence-corrected chi connectivity index (χ2v) is 7.77. The van der Waals surface area contributed by atoms with Gasteiger partial charge in [0.15, 0.2) is 4.91 Å². The molecule has 0 aliphatic heterocycles. The molecule has 0 aliphatic carbocycles. The van der Waals surface area contributed by atoms with E-state index in [2.05, 4.69) is 0 Å². The van der Waals surface area contributed by atoms with Crippen molar-refractivity contribution in [2.24, 2.45) is 0 Å². The molecule has 5 nitrogen and oxygen atoms in total. The molecule has 0 bridgehead atoms. The molecular weight excluding hydrogens is 350 g/mol. The van der Waals surface area contributed by atoms with Gasteiger partial charge in [0.25, 0.3) is 0 Å². The number of benzene rings is 2. The third-order valence-corrected chi connectivity index (χ3v) is 5.18. The monoisotopic (exact) mass is 371 g/mol. The largest absolute Gasteiger partial charge is 0.422 e. The van der Waals surface area contributed by atoms with Crippen molar-refractivity contribution in [2.45, 2.75) is 11.8 Å². The lowest BCUT2D eigenvalue weighted by Crippen LogP contribution is -2.19. The SMILES string of the molecule is Cc1ccc(OC(=O)C(=CC=CN(C)C)S(=O)(=O)c2ccccc2)cc1. The summed E-state index contributed by atoms with van der Waals surface area (Å²) < 4.78 is 31.0. The van der Waals surface area contributed by atoms with Crippen LogP contribution in [0.3, 0.4) is 0 Å². The van der Waals surface area contributed by atoms with Crippen molar-refractivity contribution in [3.05, 3.63) is 83.4 Å². The minimum atomic E-state index is -4.01. The van der Waals surface area contributed by atoms with Crippen LogP contribution in [0.25, 0.3) is 0 Å². The van der Waals surface area contributed by atoms with Crippen molar-refractivity contribution in [3.63, 3.8) is 0 Å². The Morgan fingerprint density at radius 3 is 2.19 bits per heavy atom. The number of hydrogen-bond donors (Lipinski definition) is 0. The fourth-order valence-electron chi connectivity index (χ4n) is 2.06. The van der Waals surface area contributed by atoms with Gasteiger partial charge < -0.3 is 9.64 Å². The minimum absolute atomic E-state index is 0.0327. The van der Waals surface area contributed by atoms with Gasteiger partial charge in [0, 0.05) is 14.1 Å². The molecule has 0 N–H and O–H groups in total. The molecule has 2 aromatic rings. The predicted molar refractivity (Wildman–Crippen MR) is 101 cm³/mol. The Bertz CT molecular complexity index is 912. The maximum absolute atomic E-state index is 12.9. The molecule has 2 aromatic carbocycles. The molecule has 0 saturated heterocycles. The standard InChI is InChI=1S/C20H21NO4S/c1-16-11-13-17(14-12-16)25-20(22)19(10-7-15-21(2)3)26(23,24)18-8-5-4-6-9-18/h4-15H,1-3H3. The van der Waals surface area contributed by atoms with Crippen molar-refractivity contribution in [2.75, 3.05) is 14.1 Å². The summed E-state index contributed by atoms with van der Waals surface area (Å²) in [6, 6.07) is 14.6. The first-order valence-corrected chi connectivity index (χ1v) is 9.43. The first kappa shape index (κ1) is 19.5. The predicted octanol–water partition coefficient (Wildman–Crippen LogP) is 3.33. The van der Waals surface area contributed by atoms with E-state index in [4.69, 9.17) is 4.74 Å². The molecule has 2 rings (SSSR count). The Kier molecular flexibility index (Phi) is 6.36. The maximum Gasteiger partial charge on any atom is 0.355 e. The van der Waals surface area contributed by atoms with Crippen molar-refractivity contribution < 1.29 is 17.9 Å². The van der Waals surface area contributed by atoms with Crippen LogP contribution < -0.4 is 4.74 Å². The molecular formula is C20H21NO4S. The first-order chi connectivity index (χ1) is 12.3. The van der Waals surface area contributed by atoms with Gasteiger partial charge in [-0.2, -0.15) is 0 Å². The number of esters is 1. The summed E-state index contributed by atoms with van der Waals surface area (Å²) in [7, 11) is -0.426. The summed E-state index contributed by atoms with van der Waals surface area (Å²) in [6.07, 6.45) is 4.38. The summed E-state index contributed by atoms with van der Waals surface area (Å²) in [5.41, 5.74) is 1.01. The van der Waals surface area contributed by atoms with Gasteiger partial charge >= 0.3 is 5.97 Å². The van der Waals surface area contributed by atoms with E-state index in [0.29, 0.717) is 0 Å². The Balaban J connectivity index is 2.40. The average Bonchev–Trinajstić information content (AvgIpc) is 2.61. The molecule has 26 heavy (non-hydrogen) atoms. The molecule has 0 amide bonds. The molecule has 0 aromatic heterocycles. The third-order valence-electron chi connectivity index (χ3n) is 3.41. The summed E-state index contributed by atoms with van der Waals surface area (Å²) in [5, 5.41) is 0. The highest BCUT2D eigenvalue weighted by Gasteiger charge is 2.28. The quantitative estimate of drug-likeness (QED) is 0.337. The summed E-state index contributed by atoms with van der Waals surface area (Å²) in [6.45, 7) is 1.91. The van der Waals surface area contributed by atoms with Gasteiger partial charge in [-0.3, -0.25) is 0 Å². The Morgan fingerprint density at radius 2 is 1.62 bits per heavy atom. The molecule has 0 heterocycles. The fourth-order valence-corrected chi connectivity index (χ4v) is 3.35. The van der Waals surface area contributed by atoms with Crippen LogP contribution in [0.1, 0.15) is 5.56 Å². The van der Waals surface area contributed by atoms with Crippen LogP contribution >= 0.6 is 0 Å². The first-order valence-electron chi connectivity index (χ1n) is 7.94. The van der Waals surface area contributed by atoms with Crippen LogP contribution in [0.2, 0.25) is 0 Å². The second kappa shape index (κ2) is 8.49. The van der Waals surface area contributed by atoms with Gasteiger partial charge in [-0.1, -0.05) is 35.9 Å². The maximum atomic E-state index is 12.9. The number of sulfone groups is 1. The topological polar surface area (TPSA) is 63.7 Å². The van der Waals surface area contributed by atoms with Crippen molar-refractivity contribution in [1.82, 2.24) is 4.90 Å². The van der Waals surface area contributed by atoms with E-state index in [1.165, 1.54) is 24.3 Å². The molecule has 0 aliphatic rings. The number of rotatable bonds is 6. The van der Waals surface area contributed by atoms with Gasteiger partial charge in [-0.25, -0.2) is 13.2 Å². The van der Waals surface area contributed by atoms with Crippen LogP contribution in [0, 0.1) is 6.92 Å². The van der Waals surface area contributed by atoms with E-state index < -0.39 is 20.7 Å². The molecule has 0 radical (unpaired) electrons. The Labute approximate surface area is 154 Å². The molecule has 0 spiro atoms. The number of ether oxygens (including phenoxy) is 1. The Hall–Kier alpha value is -2.86. The zero-order chi connectivity index (χ0) is 19.2. The second-order valence-electron chi connectivity index (χ2n) is 5.86. The zero-order valence-electron chi connectivity index (χ0n) is 14.9. The van der Waals surface area contributed by atoms with E-state index >= 15 is 0 Å². The zero-order valence-corrected chi connectivity index (χ0v) is 15.7. The highest BCUT2D eigenvalue weighted by Crippen LogP contribution is 2.22. The van der Waals surface area contributed by atoms with E-state index in [0.717, 1.165) is 5.56 Å². The summed E-state index contributed by atoms with van der Waals surface area (Å²) >= 11 is 0. The van der Waals surface area contributed by atoms with Gasteiger partial charge in [0.05, 0.1) is 4.90 Å². The van der Waals surface area contributed by atoms with Crippen molar-refractivity contribution >= 4 is 15.8 Å². The highest BCUT2D eigenvalue weighted by atomic mass is 32.2. The smallest absolute Gasteiger partial charge is 0.355 e. The minimum Gasteiger partial charge on any atom is -0.422 e. The van der Waals surface area contributed by atoms with Gasteiger partial charge in [-0.05, 0) is 49.5 Å². The average molecular weight is 371 g/mol. The fraction of sp³-hybridized carbons (Fsp3) is 0.150. The van der Waals surface area contributed by atoms with Crippen LogP contribution in [0.5, 0.6) is 5.75 Å². The molecule has 0 saturated carbocycles. The van der Waals surface area contributed by atoms with Crippen molar-refractivity contribution in [1.29, 1.82) is 0 Å².